The fourth-order valence-corrected chi connectivity index (χ4v) is 3.42. The highest BCUT2D eigenvalue weighted by molar-refractivity contribution is 6.59. The first-order chi connectivity index (χ1) is 10.7. The Morgan fingerprint density at radius 2 is 1.32 bits per heavy atom. The molecule has 0 radical (unpaired) electrons. The summed E-state index contributed by atoms with van der Waals surface area (Å²) in [6.45, 7) is 0. The predicted molar refractivity (Wildman–Crippen MR) is 93.8 cm³/mol. The highest BCUT2D eigenvalue weighted by Crippen LogP contribution is 2.37. The van der Waals surface area contributed by atoms with Crippen molar-refractivity contribution in [1.82, 2.24) is 0 Å². The zero-order valence-corrected chi connectivity index (χ0v) is 12.4. The van der Waals surface area contributed by atoms with E-state index in [-0.39, 0.29) is 0 Å². The lowest BCUT2D eigenvalue weighted by molar-refractivity contribution is 0.426. The molecule has 0 saturated carbocycles. The quantitative estimate of drug-likeness (QED) is 0.417. The van der Waals surface area contributed by atoms with Gasteiger partial charge in [0.25, 0.3) is 0 Å². The molecular weight excluding hydrogens is 294 g/mol. The third-order valence-electron chi connectivity index (χ3n) is 4.13. The lowest BCUT2D eigenvalue weighted by Crippen LogP contribution is -2.29. The molecule has 22 heavy (non-hydrogen) atoms. The molecule has 2 N–H and O–H groups in total. The van der Waals surface area contributed by atoms with Crippen LogP contribution in [0.15, 0.2) is 60.7 Å². The van der Waals surface area contributed by atoms with Gasteiger partial charge in [0.15, 0.2) is 0 Å². The van der Waals surface area contributed by atoms with Crippen molar-refractivity contribution >= 4 is 56.5 Å². The molecule has 0 spiro atoms. The smallest absolute Gasteiger partial charge is 0.423 e. The van der Waals surface area contributed by atoms with Gasteiger partial charge in [-0.05, 0) is 38.5 Å². The van der Waals surface area contributed by atoms with Gasteiger partial charge in [-0.2, -0.15) is 0 Å². The Labute approximate surface area is 132 Å². The number of rotatable bonds is 1. The molecular formula is C18H12BClO2. The molecule has 0 aromatic heterocycles. The minimum Gasteiger partial charge on any atom is -0.423 e. The van der Waals surface area contributed by atoms with Crippen molar-refractivity contribution in [1.29, 1.82) is 0 Å². The lowest BCUT2D eigenvalue weighted by Gasteiger charge is -2.12. The largest absolute Gasteiger partial charge is 0.488 e. The zero-order chi connectivity index (χ0) is 15.3. The van der Waals surface area contributed by atoms with E-state index in [1.54, 1.807) is 12.1 Å². The zero-order valence-electron chi connectivity index (χ0n) is 11.6. The molecule has 0 atom stereocenters. The van der Waals surface area contributed by atoms with Crippen molar-refractivity contribution in [2.75, 3.05) is 0 Å². The van der Waals surface area contributed by atoms with Crippen LogP contribution in [0.1, 0.15) is 0 Å². The Kier molecular flexibility index (Phi) is 3.08. The van der Waals surface area contributed by atoms with Crippen LogP contribution in [0.2, 0.25) is 5.02 Å². The van der Waals surface area contributed by atoms with E-state index in [4.69, 9.17) is 11.6 Å². The molecule has 4 heteroatoms. The van der Waals surface area contributed by atoms with Gasteiger partial charge in [0.1, 0.15) is 0 Å². The maximum absolute atomic E-state index is 9.46. The SMILES string of the molecule is OB(O)c1ccc2c3ccccc3c3cccc(Cl)c3c2c1. The van der Waals surface area contributed by atoms with E-state index in [0.717, 1.165) is 32.3 Å². The number of halogens is 1. The average molecular weight is 307 g/mol. The van der Waals surface area contributed by atoms with Crippen LogP contribution in [-0.2, 0) is 0 Å². The molecule has 0 aliphatic heterocycles. The van der Waals surface area contributed by atoms with Gasteiger partial charge < -0.3 is 10.0 Å². The first-order valence-electron chi connectivity index (χ1n) is 7.05. The highest BCUT2D eigenvalue weighted by Gasteiger charge is 2.15. The van der Waals surface area contributed by atoms with E-state index in [1.165, 1.54) is 0 Å². The van der Waals surface area contributed by atoms with Gasteiger partial charge in [-0.15, -0.1) is 0 Å². The Balaban J connectivity index is 2.33. The van der Waals surface area contributed by atoms with Gasteiger partial charge in [0.05, 0.1) is 0 Å². The molecule has 0 amide bonds. The molecule has 0 fully saturated rings. The second kappa shape index (κ2) is 4.99. The summed E-state index contributed by atoms with van der Waals surface area (Å²) in [5.41, 5.74) is 0.462. The van der Waals surface area contributed by atoms with Gasteiger partial charge in [-0.1, -0.05) is 66.2 Å². The summed E-state index contributed by atoms with van der Waals surface area (Å²) in [5, 5.41) is 25.9. The molecule has 106 valence electrons. The fraction of sp³-hybridized carbons (Fsp3) is 0. The van der Waals surface area contributed by atoms with Crippen LogP contribution in [0.5, 0.6) is 0 Å². The molecule has 0 aliphatic carbocycles. The van der Waals surface area contributed by atoms with Gasteiger partial charge in [0.2, 0.25) is 0 Å². The highest BCUT2D eigenvalue weighted by atomic mass is 35.5. The normalized spacial score (nSPS) is 11.4. The monoisotopic (exact) mass is 306 g/mol. The maximum Gasteiger partial charge on any atom is 0.488 e. The van der Waals surface area contributed by atoms with Gasteiger partial charge >= 0.3 is 7.12 Å². The van der Waals surface area contributed by atoms with Crippen LogP contribution in [-0.4, -0.2) is 17.2 Å². The molecule has 0 unspecified atom stereocenters. The van der Waals surface area contributed by atoms with Crippen molar-refractivity contribution in [3.05, 3.63) is 65.7 Å². The van der Waals surface area contributed by atoms with Crippen LogP contribution in [0.3, 0.4) is 0 Å². The Bertz CT molecular complexity index is 1030. The van der Waals surface area contributed by atoms with Crippen molar-refractivity contribution in [2.45, 2.75) is 0 Å². The second-order valence-electron chi connectivity index (χ2n) is 5.39. The number of hydrogen-bond donors (Lipinski definition) is 2. The molecule has 0 heterocycles. The first kappa shape index (κ1) is 13.6. The Hall–Kier alpha value is -2.07. The summed E-state index contributed by atoms with van der Waals surface area (Å²) in [4.78, 5) is 0. The van der Waals surface area contributed by atoms with Crippen LogP contribution < -0.4 is 5.46 Å². The summed E-state index contributed by atoms with van der Waals surface area (Å²) in [6.07, 6.45) is 0. The van der Waals surface area contributed by atoms with Crippen molar-refractivity contribution in [2.24, 2.45) is 0 Å². The van der Waals surface area contributed by atoms with E-state index in [9.17, 15) is 10.0 Å². The Morgan fingerprint density at radius 3 is 2.05 bits per heavy atom. The van der Waals surface area contributed by atoms with Gasteiger partial charge in [0, 0.05) is 10.4 Å². The summed E-state index contributed by atoms with van der Waals surface area (Å²) < 4.78 is 0. The predicted octanol–water partition coefficient (Wildman–Crippen LogP) is 3.48. The van der Waals surface area contributed by atoms with Crippen molar-refractivity contribution < 1.29 is 10.0 Å². The van der Waals surface area contributed by atoms with E-state index < -0.39 is 7.12 Å². The Morgan fingerprint density at radius 1 is 0.682 bits per heavy atom. The maximum atomic E-state index is 9.46. The lowest BCUT2D eigenvalue weighted by atomic mass is 9.78. The molecule has 2 nitrogen and oxygen atoms in total. The van der Waals surface area contributed by atoms with Crippen LogP contribution in [0.4, 0.5) is 0 Å². The number of benzene rings is 4. The standard InChI is InChI=1S/C18H12BClO2/c20-17-7-3-6-15-13-5-2-1-4-12(13)14-9-8-11(19(21)22)10-16(14)18(15)17/h1-10,21-22H. The molecule has 0 aliphatic rings. The summed E-state index contributed by atoms with van der Waals surface area (Å²) in [7, 11) is -1.49. The second-order valence-corrected chi connectivity index (χ2v) is 5.79. The van der Waals surface area contributed by atoms with Crippen LogP contribution in [0.25, 0.3) is 32.3 Å². The molecule has 4 aromatic carbocycles. The van der Waals surface area contributed by atoms with E-state index in [2.05, 4.69) is 12.1 Å². The summed E-state index contributed by atoms with van der Waals surface area (Å²) in [6, 6.07) is 19.5. The van der Waals surface area contributed by atoms with E-state index in [1.807, 2.05) is 36.4 Å². The molecule has 4 rings (SSSR count). The van der Waals surface area contributed by atoms with Crippen molar-refractivity contribution in [3.8, 4) is 0 Å². The average Bonchev–Trinajstić information content (AvgIpc) is 2.54. The number of hydrogen-bond acceptors (Lipinski definition) is 2. The third kappa shape index (κ3) is 1.91. The third-order valence-corrected chi connectivity index (χ3v) is 4.45. The fourth-order valence-electron chi connectivity index (χ4n) is 3.14. The van der Waals surface area contributed by atoms with Crippen molar-refractivity contribution in [3.63, 3.8) is 0 Å². The van der Waals surface area contributed by atoms with Gasteiger partial charge in [-0.25, -0.2) is 0 Å². The number of fused-ring (bicyclic) bond motifs is 6. The minimum atomic E-state index is -1.49. The minimum absolute atomic E-state index is 0.462. The molecule has 0 bridgehead atoms. The molecule has 4 aromatic rings. The summed E-state index contributed by atoms with van der Waals surface area (Å²) in [5.74, 6) is 0. The topological polar surface area (TPSA) is 40.5 Å². The van der Waals surface area contributed by atoms with E-state index >= 15 is 0 Å². The van der Waals surface area contributed by atoms with Gasteiger partial charge in [-0.3, -0.25) is 0 Å². The van der Waals surface area contributed by atoms with Crippen LogP contribution in [0, 0.1) is 0 Å². The van der Waals surface area contributed by atoms with E-state index in [0.29, 0.717) is 10.5 Å². The molecule has 0 saturated heterocycles. The van der Waals surface area contributed by atoms with Crippen LogP contribution >= 0.6 is 11.6 Å². The first-order valence-corrected chi connectivity index (χ1v) is 7.43. The summed E-state index contributed by atoms with van der Waals surface area (Å²) >= 11 is 6.44.